The first-order valence-corrected chi connectivity index (χ1v) is 13.2. The molecule has 7 aromatic rings. The second kappa shape index (κ2) is 8.00. The first-order chi connectivity index (χ1) is 17.6. The maximum absolute atomic E-state index is 4.86. The normalized spacial score (nSPS) is 12.1. The minimum Gasteiger partial charge on any atom is -0.342 e. The van der Waals surface area contributed by atoms with Crippen LogP contribution in [0.1, 0.15) is 38.3 Å². The van der Waals surface area contributed by atoms with Crippen LogP contribution in [0.25, 0.3) is 64.5 Å². The highest BCUT2D eigenvalue weighted by Crippen LogP contribution is 2.39. The van der Waals surface area contributed by atoms with E-state index in [1.165, 1.54) is 20.5 Å². The van der Waals surface area contributed by atoms with Gasteiger partial charge < -0.3 is 9.97 Å². The maximum atomic E-state index is 4.86. The van der Waals surface area contributed by atoms with E-state index in [1.54, 1.807) is 0 Å². The summed E-state index contributed by atoms with van der Waals surface area (Å²) in [5.74, 6) is 2.40. The summed E-state index contributed by atoms with van der Waals surface area (Å²) in [6, 6.07) is 19.8. The predicted octanol–water partition coefficient (Wildman–Crippen LogP) is 8.22. The SMILES string of the molecule is CCc1nc2c3cccnc3c3cc(-c4cc5ccc(-c6cnc(C(C)C)[nH]6)cc5s4)ccc3c2[nH]1. The van der Waals surface area contributed by atoms with Crippen LogP contribution >= 0.6 is 11.3 Å². The van der Waals surface area contributed by atoms with Crippen LogP contribution in [0.2, 0.25) is 0 Å². The van der Waals surface area contributed by atoms with Crippen molar-refractivity contribution in [2.24, 2.45) is 0 Å². The lowest BCUT2D eigenvalue weighted by Gasteiger charge is -2.07. The number of imidazole rings is 2. The van der Waals surface area contributed by atoms with Crippen LogP contribution < -0.4 is 0 Å². The lowest BCUT2D eigenvalue weighted by molar-refractivity contribution is 0.795. The summed E-state index contributed by atoms with van der Waals surface area (Å²) in [4.78, 5) is 22.4. The number of nitrogens with one attached hydrogen (secondary N) is 2. The number of hydrogen-bond donors (Lipinski definition) is 2. The van der Waals surface area contributed by atoms with E-state index in [-0.39, 0.29) is 0 Å². The summed E-state index contributed by atoms with van der Waals surface area (Å²) in [7, 11) is 0. The summed E-state index contributed by atoms with van der Waals surface area (Å²) in [5, 5.41) is 4.66. The molecular weight excluding hydrogens is 462 g/mol. The number of hydrogen-bond acceptors (Lipinski definition) is 4. The van der Waals surface area contributed by atoms with Gasteiger partial charge in [-0.25, -0.2) is 9.97 Å². The van der Waals surface area contributed by atoms with Crippen molar-refractivity contribution in [3.8, 4) is 21.7 Å². The highest BCUT2D eigenvalue weighted by atomic mass is 32.1. The number of fused-ring (bicyclic) bond motifs is 7. The van der Waals surface area contributed by atoms with Gasteiger partial charge in [0.05, 0.1) is 28.4 Å². The second-order valence-corrected chi connectivity index (χ2v) is 10.7. The van der Waals surface area contributed by atoms with Crippen LogP contribution in [0, 0.1) is 0 Å². The Morgan fingerprint density at radius 3 is 2.58 bits per heavy atom. The van der Waals surface area contributed by atoms with Gasteiger partial charge in [-0.05, 0) is 41.3 Å². The highest BCUT2D eigenvalue weighted by Gasteiger charge is 2.15. The van der Waals surface area contributed by atoms with Gasteiger partial charge in [-0.15, -0.1) is 11.3 Å². The number of aryl methyl sites for hydroxylation is 1. The third kappa shape index (κ3) is 3.25. The number of rotatable bonds is 4. The third-order valence-corrected chi connectivity index (χ3v) is 8.10. The van der Waals surface area contributed by atoms with Gasteiger partial charge in [-0.3, -0.25) is 4.98 Å². The van der Waals surface area contributed by atoms with Crippen LogP contribution in [0.15, 0.2) is 67.0 Å². The van der Waals surface area contributed by atoms with E-state index in [0.717, 1.165) is 62.0 Å². The number of aromatic nitrogens is 5. The monoisotopic (exact) mass is 487 g/mol. The average Bonchev–Trinajstić information content (AvgIpc) is 3.66. The highest BCUT2D eigenvalue weighted by molar-refractivity contribution is 7.22. The molecular formula is C30H25N5S. The van der Waals surface area contributed by atoms with Crippen LogP contribution in [0.5, 0.6) is 0 Å². The first kappa shape index (κ1) is 21.3. The molecule has 0 atom stereocenters. The maximum Gasteiger partial charge on any atom is 0.109 e. The summed E-state index contributed by atoms with van der Waals surface area (Å²) >= 11 is 1.82. The van der Waals surface area contributed by atoms with Crippen LogP contribution in [0.4, 0.5) is 0 Å². The minimum absolute atomic E-state index is 0.380. The van der Waals surface area contributed by atoms with Gasteiger partial charge in [0.1, 0.15) is 11.6 Å². The Bertz CT molecular complexity index is 1920. The zero-order valence-corrected chi connectivity index (χ0v) is 21.2. The van der Waals surface area contributed by atoms with E-state index in [1.807, 2.05) is 29.8 Å². The number of H-pyrrole nitrogens is 2. The van der Waals surface area contributed by atoms with Crippen molar-refractivity contribution in [3.05, 3.63) is 78.6 Å². The standard InChI is InChI=1S/C30H25N5S/c1-4-26-34-28-20-10-9-18(12-22(20)27-21(29(28)35-26)6-5-11-31-27)25-14-19-8-7-17(13-24(19)36-25)23-15-32-30(33-23)16(2)3/h5-16H,4H2,1-3H3,(H,32,33)(H,34,35). The average molecular weight is 488 g/mol. The molecule has 6 heteroatoms. The summed E-state index contributed by atoms with van der Waals surface area (Å²) in [6.45, 7) is 6.43. The fraction of sp³-hybridized carbons (Fsp3) is 0.167. The molecule has 0 saturated carbocycles. The molecule has 0 saturated heterocycles. The lowest BCUT2D eigenvalue weighted by Crippen LogP contribution is -1.89. The van der Waals surface area contributed by atoms with Crippen molar-refractivity contribution in [3.63, 3.8) is 0 Å². The van der Waals surface area contributed by atoms with Crippen LogP contribution in [-0.2, 0) is 6.42 Å². The molecule has 5 nitrogen and oxygen atoms in total. The van der Waals surface area contributed by atoms with Gasteiger partial charge in [0.25, 0.3) is 0 Å². The summed E-state index contributed by atoms with van der Waals surface area (Å²) in [6.07, 6.45) is 4.68. The fourth-order valence-corrected chi connectivity index (χ4v) is 6.12. The van der Waals surface area contributed by atoms with Gasteiger partial charge in [-0.1, -0.05) is 45.0 Å². The van der Waals surface area contributed by atoms with Gasteiger partial charge in [0.2, 0.25) is 0 Å². The molecule has 36 heavy (non-hydrogen) atoms. The van der Waals surface area contributed by atoms with Gasteiger partial charge in [0, 0.05) is 49.8 Å². The number of nitrogens with zero attached hydrogens (tertiary/aromatic N) is 3. The molecule has 176 valence electrons. The smallest absolute Gasteiger partial charge is 0.109 e. The molecule has 0 unspecified atom stereocenters. The molecule has 0 aliphatic carbocycles. The van der Waals surface area contributed by atoms with Crippen molar-refractivity contribution >= 4 is 54.1 Å². The molecule has 0 fully saturated rings. The molecule has 4 heterocycles. The van der Waals surface area contributed by atoms with E-state index in [0.29, 0.717) is 5.92 Å². The van der Waals surface area contributed by atoms with Crippen molar-refractivity contribution in [2.75, 3.05) is 0 Å². The van der Waals surface area contributed by atoms with E-state index in [9.17, 15) is 0 Å². The Labute approximate surface area is 212 Å². The molecule has 0 spiro atoms. The Balaban J connectivity index is 1.38. The van der Waals surface area contributed by atoms with Crippen molar-refractivity contribution in [1.29, 1.82) is 0 Å². The quantitative estimate of drug-likeness (QED) is 0.246. The fourth-order valence-electron chi connectivity index (χ4n) is 5.02. The number of pyridine rings is 1. The third-order valence-electron chi connectivity index (χ3n) is 6.95. The largest absolute Gasteiger partial charge is 0.342 e. The Morgan fingerprint density at radius 1 is 0.861 bits per heavy atom. The number of benzene rings is 3. The topological polar surface area (TPSA) is 70.2 Å². The molecule has 7 rings (SSSR count). The zero-order valence-electron chi connectivity index (χ0n) is 20.4. The Hall–Kier alpha value is -4.03. The van der Waals surface area contributed by atoms with E-state index in [4.69, 9.17) is 9.97 Å². The summed E-state index contributed by atoms with van der Waals surface area (Å²) in [5.41, 5.74) is 6.53. The van der Waals surface area contributed by atoms with E-state index < -0.39 is 0 Å². The lowest BCUT2D eigenvalue weighted by atomic mass is 10.0. The first-order valence-electron chi connectivity index (χ1n) is 12.4. The molecule has 0 bridgehead atoms. The molecule has 0 radical (unpaired) electrons. The Kier molecular flexibility index (Phi) is 4.73. The van der Waals surface area contributed by atoms with Crippen molar-refractivity contribution in [1.82, 2.24) is 24.9 Å². The van der Waals surface area contributed by atoms with Crippen molar-refractivity contribution < 1.29 is 0 Å². The Morgan fingerprint density at radius 2 is 1.75 bits per heavy atom. The van der Waals surface area contributed by atoms with E-state index in [2.05, 4.69) is 84.3 Å². The zero-order chi connectivity index (χ0) is 24.4. The number of aromatic amines is 2. The molecule has 2 N–H and O–H groups in total. The van der Waals surface area contributed by atoms with Crippen LogP contribution in [-0.4, -0.2) is 24.9 Å². The van der Waals surface area contributed by atoms with Crippen molar-refractivity contribution in [2.45, 2.75) is 33.1 Å². The summed E-state index contributed by atoms with van der Waals surface area (Å²) < 4.78 is 1.27. The molecule has 0 aliphatic heterocycles. The molecule has 0 aliphatic rings. The molecule has 0 amide bonds. The van der Waals surface area contributed by atoms with Crippen LogP contribution in [0.3, 0.4) is 0 Å². The predicted molar refractivity (Wildman–Crippen MR) is 151 cm³/mol. The number of thiophene rings is 1. The van der Waals surface area contributed by atoms with Gasteiger partial charge in [0.15, 0.2) is 0 Å². The molecule has 3 aromatic carbocycles. The second-order valence-electron chi connectivity index (χ2n) is 9.62. The minimum atomic E-state index is 0.380. The van der Waals surface area contributed by atoms with E-state index >= 15 is 0 Å². The molecule has 4 aromatic heterocycles. The van der Waals surface area contributed by atoms with Gasteiger partial charge in [-0.2, -0.15) is 0 Å². The van der Waals surface area contributed by atoms with Gasteiger partial charge >= 0.3 is 0 Å².